The monoisotopic (exact) mass is 458 g/mol. The molecule has 3 atom stereocenters. The van der Waals surface area contributed by atoms with Gasteiger partial charge in [0.25, 0.3) is 11.8 Å². The van der Waals surface area contributed by atoms with Crippen molar-refractivity contribution in [3.05, 3.63) is 66.2 Å². The summed E-state index contributed by atoms with van der Waals surface area (Å²) < 4.78 is 24.5. The first-order valence-corrected chi connectivity index (χ1v) is 11.5. The highest BCUT2D eigenvalue weighted by Crippen LogP contribution is 2.23. The fourth-order valence-electron chi connectivity index (χ4n) is 3.27. The fraction of sp³-hybridized carbons (Fsp3) is 0.348. The second-order valence-corrected chi connectivity index (χ2v) is 9.03. The zero-order chi connectivity index (χ0) is 23.1. The maximum atomic E-state index is 12.9. The van der Waals surface area contributed by atoms with Crippen molar-refractivity contribution in [2.24, 2.45) is 5.92 Å². The molecule has 1 aliphatic rings. The minimum absolute atomic E-state index is 0.0501. The molecule has 9 heteroatoms. The molecule has 0 radical (unpaired) electrons. The average molecular weight is 459 g/mol. The van der Waals surface area contributed by atoms with Gasteiger partial charge >= 0.3 is 5.97 Å². The SMILES string of the molecule is CC(C)[C@H](C(=O)OCc1ccccc1)N1C(=O)[C@@H](NC(=O)COc2ccccc2)CS1=O. The highest BCUT2D eigenvalue weighted by atomic mass is 32.2. The van der Waals surface area contributed by atoms with Crippen molar-refractivity contribution in [1.29, 1.82) is 0 Å². The van der Waals surface area contributed by atoms with Gasteiger partial charge in [-0.25, -0.2) is 13.3 Å². The summed E-state index contributed by atoms with van der Waals surface area (Å²) in [6, 6.07) is 15.9. The van der Waals surface area contributed by atoms with E-state index in [1.807, 2.05) is 36.4 Å². The van der Waals surface area contributed by atoms with Crippen molar-refractivity contribution < 1.29 is 28.1 Å². The molecule has 170 valence electrons. The van der Waals surface area contributed by atoms with Gasteiger partial charge in [0.05, 0.1) is 5.75 Å². The van der Waals surface area contributed by atoms with Gasteiger partial charge in [-0.3, -0.25) is 9.59 Å². The normalized spacial score (nSPS) is 19.0. The Kier molecular flexibility index (Phi) is 7.99. The highest BCUT2D eigenvalue weighted by Gasteiger charge is 2.46. The summed E-state index contributed by atoms with van der Waals surface area (Å²) in [5.41, 5.74) is 0.806. The standard InChI is InChI=1S/C23H26N2O6S/c1-16(2)21(23(28)31-13-17-9-5-3-6-10-17)25-22(27)19(15-32(25)29)24-20(26)14-30-18-11-7-4-8-12-18/h3-12,16,19,21H,13-15H2,1-2H3,(H,24,26)/t19-,21+,32?/m0/s1. The first-order valence-electron chi connectivity index (χ1n) is 10.3. The van der Waals surface area contributed by atoms with Crippen LogP contribution in [0.5, 0.6) is 5.75 Å². The van der Waals surface area contributed by atoms with Crippen molar-refractivity contribution in [2.75, 3.05) is 12.4 Å². The summed E-state index contributed by atoms with van der Waals surface area (Å²) in [7, 11) is -1.77. The predicted octanol–water partition coefficient (Wildman–Crippen LogP) is 1.82. The number of nitrogens with zero attached hydrogens (tertiary/aromatic N) is 1. The number of carbonyl (C=O) groups is 3. The van der Waals surface area contributed by atoms with Crippen molar-refractivity contribution in [3.63, 3.8) is 0 Å². The maximum absolute atomic E-state index is 12.9. The van der Waals surface area contributed by atoms with Crippen LogP contribution >= 0.6 is 0 Å². The fourth-order valence-corrected chi connectivity index (χ4v) is 4.85. The summed E-state index contributed by atoms with van der Waals surface area (Å²) in [5.74, 6) is -1.64. The molecule has 1 fully saturated rings. The molecule has 0 spiro atoms. The van der Waals surface area contributed by atoms with E-state index >= 15 is 0 Å². The zero-order valence-corrected chi connectivity index (χ0v) is 18.7. The summed E-state index contributed by atoms with van der Waals surface area (Å²) in [4.78, 5) is 37.9. The van der Waals surface area contributed by atoms with Crippen LogP contribution in [0, 0.1) is 5.92 Å². The van der Waals surface area contributed by atoms with E-state index in [0.717, 1.165) is 9.87 Å². The quantitative estimate of drug-likeness (QED) is 0.575. The molecule has 0 saturated carbocycles. The van der Waals surface area contributed by atoms with Crippen LogP contribution in [-0.2, 0) is 36.7 Å². The van der Waals surface area contributed by atoms with E-state index in [0.29, 0.717) is 5.75 Å². The van der Waals surface area contributed by atoms with Gasteiger partial charge < -0.3 is 14.8 Å². The second kappa shape index (κ2) is 10.9. The van der Waals surface area contributed by atoms with E-state index in [2.05, 4.69) is 5.32 Å². The Morgan fingerprint density at radius 2 is 1.72 bits per heavy atom. The maximum Gasteiger partial charge on any atom is 0.330 e. The van der Waals surface area contributed by atoms with Crippen molar-refractivity contribution >= 4 is 28.8 Å². The van der Waals surface area contributed by atoms with Crippen LogP contribution in [-0.4, -0.2) is 50.7 Å². The summed E-state index contributed by atoms with van der Waals surface area (Å²) in [6.07, 6.45) is 0. The number of esters is 1. The van der Waals surface area contributed by atoms with Gasteiger partial charge in [0.15, 0.2) is 6.61 Å². The number of amides is 2. The zero-order valence-electron chi connectivity index (χ0n) is 17.9. The first kappa shape index (κ1) is 23.5. The van der Waals surface area contributed by atoms with Crippen LogP contribution in [0.2, 0.25) is 0 Å². The predicted molar refractivity (Wildman–Crippen MR) is 119 cm³/mol. The highest BCUT2D eigenvalue weighted by molar-refractivity contribution is 7.83. The van der Waals surface area contributed by atoms with Gasteiger partial charge in [-0.15, -0.1) is 0 Å². The van der Waals surface area contributed by atoms with E-state index in [9.17, 15) is 18.6 Å². The number of rotatable bonds is 9. The second-order valence-electron chi connectivity index (χ2n) is 7.66. The number of benzene rings is 2. The Balaban J connectivity index is 1.60. The number of carbonyl (C=O) groups excluding carboxylic acids is 3. The number of nitrogens with one attached hydrogen (secondary N) is 1. The Morgan fingerprint density at radius 1 is 1.09 bits per heavy atom. The molecule has 0 aliphatic carbocycles. The molecular weight excluding hydrogens is 432 g/mol. The third kappa shape index (κ3) is 5.94. The van der Waals surface area contributed by atoms with Gasteiger partial charge in [-0.2, -0.15) is 0 Å². The summed E-state index contributed by atoms with van der Waals surface area (Å²) in [5, 5.41) is 2.55. The molecule has 3 rings (SSSR count). The molecule has 1 aliphatic heterocycles. The number of para-hydroxylation sites is 1. The number of hydrogen-bond acceptors (Lipinski definition) is 6. The molecule has 2 aromatic carbocycles. The van der Waals surface area contributed by atoms with E-state index in [4.69, 9.17) is 9.47 Å². The van der Waals surface area contributed by atoms with Gasteiger partial charge in [0, 0.05) is 0 Å². The van der Waals surface area contributed by atoms with Gasteiger partial charge in [-0.05, 0) is 23.6 Å². The van der Waals surface area contributed by atoms with Crippen LogP contribution < -0.4 is 10.1 Å². The molecule has 1 heterocycles. The summed E-state index contributed by atoms with van der Waals surface area (Å²) in [6.45, 7) is 3.26. The van der Waals surface area contributed by atoms with Gasteiger partial charge in [0.2, 0.25) is 0 Å². The van der Waals surface area contributed by atoms with Crippen molar-refractivity contribution in [1.82, 2.24) is 9.62 Å². The lowest BCUT2D eigenvalue weighted by atomic mass is 10.0. The summed E-state index contributed by atoms with van der Waals surface area (Å²) >= 11 is 0. The van der Waals surface area contributed by atoms with E-state index in [-0.39, 0.29) is 24.9 Å². The lowest BCUT2D eigenvalue weighted by molar-refractivity contribution is -0.154. The topological polar surface area (TPSA) is 102 Å². The molecule has 0 bridgehead atoms. The lowest BCUT2D eigenvalue weighted by Gasteiger charge is -2.27. The Hall–Kier alpha value is -3.20. The Bertz CT molecular complexity index is 967. The van der Waals surface area contributed by atoms with Gasteiger partial charge in [0.1, 0.15) is 35.4 Å². The number of hydrogen-bond donors (Lipinski definition) is 1. The smallest absolute Gasteiger partial charge is 0.330 e. The number of ether oxygens (including phenoxy) is 2. The minimum Gasteiger partial charge on any atom is -0.484 e. The van der Waals surface area contributed by atoms with E-state index in [1.165, 1.54) is 0 Å². The molecule has 32 heavy (non-hydrogen) atoms. The first-order chi connectivity index (χ1) is 15.4. The van der Waals surface area contributed by atoms with Crippen LogP contribution in [0.15, 0.2) is 60.7 Å². The van der Waals surface area contributed by atoms with Crippen LogP contribution in [0.4, 0.5) is 0 Å². The molecule has 8 nitrogen and oxygen atoms in total. The molecule has 1 N–H and O–H groups in total. The average Bonchev–Trinajstić information content (AvgIpc) is 3.05. The van der Waals surface area contributed by atoms with E-state index < -0.39 is 40.9 Å². The molecule has 1 saturated heterocycles. The molecule has 1 unspecified atom stereocenters. The van der Waals surface area contributed by atoms with Gasteiger partial charge in [-0.1, -0.05) is 62.4 Å². The molecule has 0 aromatic heterocycles. The Labute approximate surface area is 189 Å². The largest absolute Gasteiger partial charge is 0.484 e. The van der Waals surface area contributed by atoms with E-state index in [1.54, 1.807) is 38.1 Å². The molecule has 2 amide bonds. The minimum atomic E-state index is -1.77. The Morgan fingerprint density at radius 3 is 2.34 bits per heavy atom. The van der Waals surface area contributed by atoms with Crippen LogP contribution in [0.3, 0.4) is 0 Å². The van der Waals surface area contributed by atoms with Crippen LogP contribution in [0.1, 0.15) is 19.4 Å². The third-order valence-corrected chi connectivity index (χ3v) is 6.31. The van der Waals surface area contributed by atoms with Crippen LogP contribution in [0.25, 0.3) is 0 Å². The molecule has 2 aromatic rings. The lowest BCUT2D eigenvalue weighted by Crippen LogP contribution is -2.50. The van der Waals surface area contributed by atoms with Crippen molar-refractivity contribution in [2.45, 2.75) is 32.5 Å². The third-order valence-electron chi connectivity index (χ3n) is 4.84. The molecular formula is C23H26N2O6S. The van der Waals surface area contributed by atoms with Crippen molar-refractivity contribution in [3.8, 4) is 5.75 Å².